The minimum Gasteiger partial charge on any atom is -0.367 e. The van der Waals surface area contributed by atoms with E-state index < -0.39 is 0 Å². The summed E-state index contributed by atoms with van der Waals surface area (Å²) >= 11 is 3.58. The highest BCUT2D eigenvalue weighted by atomic mass is 79.9. The van der Waals surface area contributed by atoms with Crippen LogP contribution in [0, 0.1) is 0 Å². The molecule has 72 valence electrons. The molecule has 1 aliphatic heterocycles. The first-order chi connectivity index (χ1) is 6.22. The molecule has 0 amide bonds. The highest BCUT2D eigenvalue weighted by Crippen LogP contribution is 2.30. The van der Waals surface area contributed by atoms with Crippen LogP contribution >= 0.6 is 15.9 Å². The van der Waals surface area contributed by atoms with Crippen LogP contribution in [0.4, 0.5) is 5.82 Å². The molecule has 2 rings (SSSR count). The first-order valence-corrected chi connectivity index (χ1v) is 5.53. The van der Waals surface area contributed by atoms with Crippen LogP contribution < -0.4 is 5.32 Å². The maximum absolute atomic E-state index is 4.51. The van der Waals surface area contributed by atoms with Gasteiger partial charge in [0.25, 0.3) is 0 Å². The maximum Gasteiger partial charge on any atom is 0.139 e. The van der Waals surface area contributed by atoms with Crippen molar-refractivity contribution in [2.24, 2.45) is 0 Å². The van der Waals surface area contributed by atoms with Crippen molar-refractivity contribution in [2.75, 3.05) is 5.32 Å². The zero-order chi connectivity index (χ0) is 9.42. The molecule has 13 heavy (non-hydrogen) atoms. The van der Waals surface area contributed by atoms with E-state index in [2.05, 4.69) is 44.9 Å². The predicted molar refractivity (Wildman–Crippen MR) is 57.0 cm³/mol. The van der Waals surface area contributed by atoms with E-state index in [-0.39, 0.29) is 0 Å². The summed E-state index contributed by atoms with van der Waals surface area (Å²) in [5.41, 5.74) is 1.15. The van der Waals surface area contributed by atoms with Gasteiger partial charge in [0.2, 0.25) is 0 Å². The van der Waals surface area contributed by atoms with Gasteiger partial charge in [-0.25, -0.2) is 4.68 Å². The van der Waals surface area contributed by atoms with Crippen LogP contribution in [-0.4, -0.2) is 15.8 Å². The lowest BCUT2D eigenvalue weighted by molar-refractivity contribution is 0.509. The van der Waals surface area contributed by atoms with E-state index in [9.17, 15) is 0 Å². The minimum atomic E-state index is 0.560. The summed E-state index contributed by atoms with van der Waals surface area (Å²) in [6.45, 7) is 5.36. The second-order valence-corrected chi connectivity index (χ2v) is 4.31. The topological polar surface area (TPSA) is 29.9 Å². The predicted octanol–water partition coefficient (Wildman–Crippen LogP) is 2.41. The fourth-order valence-electron chi connectivity index (χ4n) is 1.64. The Morgan fingerprint density at radius 2 is 2.46 bits per heavy atom. The molecule has 1 unspecified atom stereocenters. The van der Waals surface area contributed by atoms with E-state index in [1.807, 2.05) is 0 Å². The summed E-state index contributed by atoms with van der Waals surface area (Å²) in [7, 11) is 0. The lowest BCUT2D eigenvalue weighted by Crippen LogP contribution is -2.25. The lowest BCUT2D eigenvalue weighted by Gasteiger charge is -2.22. The minimum absolute atomic E-state index is 0.560. The number of hydrogen-bond donors (Lipinski definition) is 1. The Morgan fingerprint density at radius 1 is 1.69 bits per heavy atom. The molecular formula is C9H14BrN3. The van der Waals surface area contributed by atoms with Gasteiger partial charge in [0.1, 0.15) is 5.82 Å². The fourth-order valence-corrected chi connectivity index (χ4v) is 2.32. The molecular weight excluding hydrogens is 230 g/mol. The second kappa shape index (κ2) is 3.33. The zero-order valence-electron chi connectivity index (χ0n) is 7.97. The maximum atomic E-state index is 4.51. The first kappa shape index (κ1) is 9.06. The average molecular weight is 244 g/mol. The van der Waals surface area contributed by atoms with Crippen LogP contribution in [-0.2, 0) is 13.0 Å². The first-order valence-electron chi connectivity index (χ1n) is 4.74. The molecule has 0 fully saturated rings. The van der Waals surface area contributed by atoms with Crippen LogP contribution in [0.1, 0.15) is 26.0 Å². The summed E-state index contributed by atoms with van der Waals surface area (Å²) in [6, 6.07) is 0.560. The quantitative estimate of drug-likeness (QED) is 0.822. The Kier molecular flexibility index (Phi) is 2.32. The molecule has 1 N–H and O–H groups in total. The number of halogens is 1. The summed E-state index contributed by atoms with van der Waals surface area (Å²) in [5, 5.41) is 7.95. The lowest BCUT2D eigenvalue weighted by atomic mass is 10.2. The molecule has 0 bridgehead atoms. The Balaban J connectivity index is 2.40. The SMILES string of the molecule is CCc1nn2c(c1Br)NC(C)CC2. The van der Waals surface area contributed by atoms with Gasteiger partial charge in [-0.15, -0.1) is 0 Å². The summed E-state index contributed by atoms with van der Waals surface area (Å²) in [4.78, 5) is 0. The molecule has 0 radical (unpaired) electrons. The van der Waals surface area contributed by atoms with Gasteiger partial charge in [-0.3, -0.25) is 0 Å². The molecule has 1 aliphatic rings. The molecule has 0 aromatic carbocycles. The van der Waals surface area contributed by atoms with Crippen LogP contribution in [0.15, 0.2) is 4.47 Å². The number of fused-ring (bicyclic) bond motifs is 1. The number of aromatic nitrogens is 2. The Labute approximate surface area is 86.6 Å². The third-order valence-corrected chi connectivity index (χ3v) is 3.29. The fraction of sp³-hybridized carbons (Fsp3) is 0.667. The molecule has 3 nitrogen and oxygen atoms in total. The molecule has 0 saturated heterocycles. The van der Waals surface area contributed by atoms with Crippen molar-refractivity contribution in [2.45, 2.75) is 39.3 Å². The Morgan fingerprint density at radius 3 is 3.15 bits per heavy atom. The highest BCUT2D eigenvalue weighted by molar-refractivity contribution is 9.10. The zero-order valence-corrected chi connectivity index (χ0v) is 9.56. The van der Waals surface area contributed by atoms with Crippen molar-refractivity contribution in [3.63, 3.8) is 0 Å². The van der Waals surface area contributed by atoms with Gasteiger partial charge in [0.05, 0.1) is 10.2 Å². The molecule has 0 aliphatic carbocycles. The van der Waals surface area contributed by atoms with E-state index in [1.165, 1.54) is 0 Å². The molecule has 1 atom stereocenters. The largest absolute Gasteiger partial charge is 0.367 e. The van der Waals surface area contributed by atoms with Gasteiger partial charge < -0.3 is 5.32 Å². The van der Waals surface area contributed by atoms with E-state index in [0.717, 1.165) is 35.4 Å². The molecule has 1 aromatic rings. The van der Waals surface area contributed by atoms with E-state index >= 15 is 0 Å². The normalized spacial score (nSPS) is 21.0. The van der Waals surface area contributed by atoms with Gasteiger partial charge in [0, 0.05) is 12.6 Å². The molecule has 1 aromatic heterocycles. The molecule has 2 heterocycles. The second-order valence-electron chi connectivity index (χ2n) is 3.52. The van der Waals surface area contributed by atoms with Gasteiger partial charge in [-0.05, 0) is 35.7 Å². The van der Waals surface area contributed by atoms with Crippen LogP contribution in [0.5, 0.6) is 0 Å². The van der Waals surface area contributed by atoms with Crippen molar-refractivity contribution >= 4 is 21.7 Å². The number of nitrogens with one attached hydrogen (secondary N) is 1. The third-order valence-electron chi connectivity index (χ3n) is 2.45. The highest BCUT2D eigenvalue weighted by Gasteiger charge is 2.20. The van der Waals surface area contributed by atoms with Gasteiger partial charge >= 0.3 is 0 Å². The van der Waals surface area contributed by atoms with Crippen molar-refractivity contribution in [3.05, 3.63) is 10.2 Å². The Hall–Kier alpha value is -0.510. The molecule has 0 spiro atoms. The number of hydrogen-bond acceptors (Lipinski definition) is 2. The molecule has 0 saturated carbocycles. The van der Waals surface area contributed by atoms with E-state index in [4.69, 9.17) is 0 Å². The number of aryl methyl sites for hydroxylation is 2. The average Bonchev–Trinajstić information content (AvgIpc) is 2.44. The van der Waals surface area contributed by atoms with E-state index in [0.29, 0.717) is 6.04 Å². The van der Waals surface area contributed by atoms with Crippen molar-refractivity contribution in [1.29, 1.82) is 0 Å². The van der Waals surface area contributed by atoms with Gasteiger partial charge in [-0.2, -0.15) is 5.10 Å². The number of nitrogens with zero attached hydrogens (tertiary/aromatic N) is 2. The summed E-state index contributed by atoms with van der Waals surface area (Å²) in [5.74, 6) is 1.15. The Bertz CT molecular complexity index is 319. The van der Waals surface area contributed by atoms with Crippen LogP contribution in [0.3, 0.4) is 0 Å². The van der Waals surface area contributed by atoms with Crippen molar-refractivity contribution in [3.8, 4) is 0 Å². The van der Waals surface area contributed by atoms with Crippen molar-refractivity contribution < 1.29 is 0 Å². The number of anilines is 1. The monoisotopic (exact) mass is 243 g/mol. The summed E-state index contributed by atoms with van der Waals surface area (Å²) in [6.07, 6.45) is 2.14. The van der Waals surface area contributed by atoms with E-state index in [1.54, 1.807) is 0 Å². The number of rotatable bonds is 1. The van der Waals surface area contributed by atoms with Crippen molar-refractivity contribution in [1.82, 2.24) is 9.78 Å². The van der Waals surface area contributed by atoms with Gasteiger partial charge in [0.15, 0.2) is 0 Å². The standard InChI is InChI=1S/C9H14BrN3/c1-3-7-8(10)9-11-6(2)4-5-13(9)12-7/h6,11H,3-5H2,1-2H3. The van der Waals surface area contributed by atoms with Gasteiger partial charge in [-0.1, -0.05) is 6.92 Å². The summed E-state index contributed by atoms with van der Waals surface area (Å²) < 4.78 is 3.20. The third kappa shape index (κ3) is 1.47. The molecule has 4 heteroatoms. The van der Waals surface area contributed by atoms with Crippen LogP contribution in [0.25, 0.3) is 0 Å². The smallest absolute Gasteiger partial charge is 0.139 e. The van der Waals surface area contributed by atoms with Crippen LogP contribution in [0.2, 0.25) is 0 Å².